The van der Waals surface area contributed by atoms with E-state index in [4.69, 9.17) is 0 Å². The Morgan fingerprint density at radius 3 is 1.46 bits per heavy atom. The van der Waals surface area contributed by atoms with Crippen molar-refractivity contribution in [2.24, 2.45) is 0 Å². The fourth-order valence-electron chi connectivity index (χ4n) is 2.12. The number of urea groups is 1. The summed E-state index contributed by atoms with van der Waals surface area (Å²) in [6.45, 7) is 10.7. The van der Waals surface area contributed by atoms with E-state index in [0.29, 0.717) is 24.0 Å². The summed E-state index contributed by atoms with van der Waals surface area (Å²) in [7, 11) is 0. The van der Waals surface area contributed by atoms with Crippen LogP contribution in [0.25, 0.3) is 0 Å². The largest absolute Gasteiger partial charge is 0.352 e. The van der Waals surface area contributed by atoms with Gasteiger partial charge in [-0.15, -0.1) is 0 Å². The normalized spacial score (nSPS) is 13.8. The van der Waals surface area contributed by atoms with Gasteiger partial charge in [0.25, 0.3) is 0 Å². The Bertz CT molecular complexity index is 602. The van der Waals surface area contributed by atoms with Crippen LogP contribution >= 0.6 is 0 Å². The third-order valence-corrected chi connectivity index (χ3v) is 3.60. The summed E-state index contributed by atoms with van der Waals surface area (Å²) in [6.07, 6.45) is 0.651. The lowest BCUT2D eigenvalue weighted by Gasteiger charge is -2.15. The zero-order chi connectivity index (χ0) is 19.9. The van der Waals surface area contributed by atoms with Gasteiger partial charge in [0.05, 0.1) is 0 Å². The highest BCUT2D eigenvalue weighted by Gasteiger charge is 2.43. The Morgan fingerprint density at radius 2 is 1.15 bits per heavy atom. The average Bonchev–Trinajstić information content (AvgIpc) is 2.78. The van der Waals surface area contributed by atoms with Crippen molar-refractivity contribution in [3.8, 4) is 0 Å². The summed E-state index contributed by atoms with van der Waals surface area (Å²) in [5.74, 6) is -2.38. The summed E-state index contributed by atoms with van der Waals surface area (Å²) < 4.78 is 0. The predicted octanol–water partition coefficient (Wildman–Crippen LogP) is -0.0580. The minimum Gasteiger partial charge on any atom is -0.352 e. The van der Waals surface area contributed by atoms with Gasteiger partial charge in [0.15, 0.2) is 0 Å². The molecule has 6 amide bonds. The summed E-state index contributed by atoms with van der Waals surface area (Å²) in [4.78, 5) is 60.5. The molecule has 0 aromatic rings. The highest BCUT2D eigenvalue weighted by molar-refractivity contribution is 6.44. The number of carbonyl (C=O) groups excluding carboxylic acids is 5. The topological polar surface area (TPSA) is 116 Å². The molecule has 1 fully saturated rings. The summed E-state index contributed by atoms with van der Waals surface area (Å²) in [5.41, 5.74) is 0.719. The van der Waals surface area contributed by atoms with E-state index >= 15 is 0 Å². The zero-order valence-corrected chi connectivity index (χ0v) is 15.1. The van der Waals surface area contributed by atoms with Crippen LogP contribution in [0, 0.1) is 0 Å². The van der Waals surface area contributed by atoms with Gasteiger partial charge in [-0.1, -0.05) is 13.2 Å². The number of imide groups is 2. The maximum absolute atomic E-state index is 12.2. The number of hydrogen-bond donors (Lipinski definition) is 2. The molecule has 9 nitrogen and oxygen atoms in total. The SMILES string of the molecule is C=C(C)C(=O)NCCCN1C(=O)C(=O)N(CCCNC(=O)C(=C)C)C1=O. The molecule has 0 aromatic carbocycles. The van der Waals surface area contributed by atoms with E-state index in [1.165, 1.54) is 0 Å². The quantitative estimate of drug-likeness (QED) is 0.244. The lowest BCUT2D eigenvalue weighted by atomic mass is 10.3. The number of nitrogens with one attached hydrogen (secondary N) is 2. The molecule has 0 atom stereocenters. The Morgan fingerprint density at radius 1 is 0.808 bits per heavy atom. The first-order valence-corrected chi connectivity index (χ1v) is 8.21. The first-order valence-electron chi connectivity index (χ1n) is 8.21. The lowest BCUT2D eigenvalue weighted by Crippen LogP contribution is -2.37. The molecule has 0 radical (unpaired) electrons. The van der Waals surface area contributed by atoms with E-state index in [1.54, 1.807) is 13.8 Å². The van der Waals surface area contributed by atoms with E-state index in [1.807, 2.05) is 0 Å². The molecule has 1 saturated heterocycles. The predicted molar refractivity (Wildman–Crippen MR) is 93.7 cm³/mol. The second kappa shape index (κ2) is 9.50. The van der Waals surface area contributed by atoms with Gasteiger partial charge in [0.1, 0.15) is 0 Å². The molecular formula is C17H24N4O5. The molecule has 0 unspecified atom stereocenters. The fourth-order valence-corrected chi connectivity index (χ4v) is 2.12. The maximum atomic E-state index is 12.2. The summed E-state index contributed by atoms with van der Waals surface area (Å²) >= 11 is 0. The number of hydrogen-bond acceptors (Lipinski definition) is 5. The summed E-state index contributed by atoms with van der Waals surface area (Å²) in [5, 5.41) is 5.17. The monoisotopic (exact) mass is 364 g/mol. The highest BCUT2D eigenvalue weighted by Crippen LogP contribution is 2.12. The molecule has 142 valence electrons. The molecule has 1 rings (SSSR count). The lowest BCUT2D eigenvalue weighted by molar-refractivity contribution is -0.143. The Hall–Kier alpha value is -2.97. The minimum atomic E-state index is -0.882. The Kier molecular flexibility index (Phi) is 7.70. The molecular weight excluding hydrogens is 340 g/mol. The minimum absolute atomic E-state index is 0.0305. The third-order valence-electron chi connectivity index (χ3n) is 3.60. The second-order valence-corrected chi connectivity index (χ2v) is 5.98. The molecule has 2 N–H and O–H groups in total. The van der Waals surface area contributed by atoms with Gasteiger partial charge in [-0.25, -0.2) is 4.79 Å². The molecule has 0 aliphatic carbocycles. The standard InChI is InChI=1S/C17H24N4O5/c1-11(2)13(22)18-7-5-9-20-15(24)16(25)21(17(20)26)10-6-8-19-14(23)12(3)4/h1,3,5-10H2,2,4H3,(H,18,22)(H,19,23). The van der Waals surface area contributed by atoms with Crippen LogP contribution in [0.3, 0.4) is 0 Å². The van der Waals surface area contributed by atoms with Crippen molar-refractivity contribution < 1.29 is 24.0 Å². The van der Waals surface area contributed by atoms with Crippen LogP contribution in [-0.2, 0) is 19.2 Å². The van der Waals surface area contributed by atoms with Crippen LogP contribution in [0.15, 0.2) is 24.3 Å². The highest BCUT2D eigenvalue weighted by atomic mass is 16.2. The molecule has 1 heterocycles. The third kappa shape index (κ3) is 5.54. The first kappa shape index (κ1) is 21.1. The number of amides is 6. The Balaban J connectivity index is 2.43. The number of rotatable bonds is 10. The van der Waals surface area contributed by atoms with Crippen LogP contribution in [0.2, 0.25) is 0 Å². The van der Waals surface area contributed by atoms with Gasteiger partial charge >= 0.3 is 17.8 Å². The maximum Gasteiger partial charge on any atom is 0.334 e. The first-order chi connectivity index (χ1) is 12.2. The van der Waals surface area contributed by atoms with E-state index in [-0.39, 0.29) is 38.0 Å². The van der Waals surface area contributed by atoms with Crippen molar-refractivity contribution in [2.75, 3.05) is 26.2 Å². The van der Waals surface area contributed by atoms with Gasteiger partial charge in [-0.05, 0) is 26.7 Å². The van der Waals surface area contributed by atoms with Gasteiger partial charge in [0.2, 0.25) is 11.8 Å². The van der Waals surface area contributed by atoms with Crippen LogP contribution in [0.1, 0.15) is 26.7 Å². The molecule has 0 saturated carbocycles. The van der Waals surface area contributed by atoms with Crippen LogP contribution in [0.5, 0.6) is 0 Å². The van der Waals surface area contributed by atoms with E-state index < -0.39 is 17.8 Å². The van der Waals surface area contributed by atoms with Crippen molar-refractivity contribution >= 4 is 29.7 Å². The van der Waals surface area contributed by atoms with Gasteiger partial charge in [0, 0.05) is 37.3 Å². The van der Waals surface area contributed by atoms with E-state index in [0.717, 1.165) is 9.80 Å². The number of nitrogens with zero attached hydrogens (tertiary/aromatic N) is 2. The smallest absolute Gasteiger partial charge is 0.334 e. The van der Waals surface area contributed by atoms with Gasteiger partial charge in [-0.3, -0.25) is 29.0 Å². The number of carbonyl (C=O) groups is 5. The van der Waals surface area contributed by atoms with Crippen molar-refractivity contribution in [2.45, 2.75) is 26.7 Å². The average molecular weight is 364 g/mol. The molecule has 0 bridgehead atoms. The van der Waals surface area contributed by atoms with Crippen molar-refractivity contribution in [1.82, 2.24) is 20.4 Å². The second-order valence-electron chi connectivity index (χ2n) is 5.98. The summed E-state index contributed by atoms with van der Waals surface area (Å²) in [6, 6.07) is -0.683. The van der Waals surface area contributed by atoms with E-state index in [2.05, 4.69) is 23.8 Å². The molecule has 9 heteroatoms. The molecule has 1 aliphatic heterocycles. The van der Waals surface area contributed by atoms with Crippen LogP contribution in [0.4, 0.5) is 4.79 Å². The van der Waals surface area contributed by atoms with Gasteiger partial charge < -0.3 is 10.6 Å². The molecule has 0 aromatic heterocycles. The molecule has 0 spiro atoms. The van der Waals surface area contributed by atoms with Crippen molar-refractivity contribution in [3.05, 3.63) is 24.3 Å². The van der Waals surface area contributed by atoms with Gasteiger partial charge in [-0.2, -0.15) is 0 Å². The van der Waals surface area contributed by atoms with Crippen molar-refractivity contribution in [1.29, 1.82) is 0 Å². The molecule has 1 aliphatic rings. The Labute approximate surface area is 152 Å². The van der Waals surface area contributed by atoms with Crippen LogP contribution < -0.4 is 10.6 Å². The zero-order valence-electron chi connectivity index (χ0n) is 15.1. The molecule has 26 heavy (non-hydrogen) atoms. The van der Waals surface area contributed by atoms with Crippen molar-refractivity contribution in [3.63, 3.8) is 0 Å². The van der Waals surface area contributed by atoms with E-state index in [9.17, 15) is 24.0 Å². The fraction of sp³-hybridized carbons (Fsp3) is 0.471. The van der Waals surface area contributed by atoms with Crippen LogP contribution in [-0.4, -0.2) is 65.6 Å².